The molecule has 0 aliphatic carbocycles. The Morgan fingerprint density at radius 3 is 0.929 bits per heavy atom. The zero-order valence-electron chi connectivity index (χ0n) is 27.7. The van der Waals surface area contributed by atoms with Gasteiger partial charge in [-0.2, -0.15) is 0 Å². The zero-order chi connectivity index (χ0) is 31.8. The van der Waals surface area contributed by atoms with Gasteiger partial charge in [0.05, 0.1) is 16.8 Å². The Morgan fingerprint density at radius 2 is 0.714 bits per heavy atom. The monoisotopic (exact) mass is 591 g/mol. The van der Waals surface area contributed by atoms with Crippen LogP contribution in [0.15, 0.2) is 18.2 Å². The lowest BCUT2D eigenvalue weighted by molar-refractivity contribution is -0.117. The van der Waals surface area contributed by atoms with Crippen molar-refractivity contribution in [2.24, 2.45) is 0 Å². The van der Waals surface area contributed by atoms with Crippen molar-refractivity contribution >= 4 is 34.8 Å². The molecule has 0 aliphatic heterocycles. The van der Waals surface area contributed by atoms with Crippen molar-refractivity contribution in [2.75, 3.05) is 35.8 Å². The van der Waals surface area contributed by atoms with E-state index in [0.717, 1.165) is 19.3 Å². The Morgan fingerprint density at radius 1 is 0.476 bits per heavy atom. The Bertz CT molecular complexity index is 837. The van der Waals surface area contributed by atoms with Crippen molar-refractivity contribution in [2.45, 2.75) is 137 Å². The van der Waals surface area contributed by atoms with Crippen LogP contribution in [-0.4, -0.2) is 54.3 Å². The number of hydrogen-bond donors (Lipinski definition) is 3. The Balaban J connectivity index is 2.75. The second-order valence-electron chi connectivity index (χ2n) is 13.7. The third kappa shape index (κ3) is 21.2. The SMILES string of the molecule is CC(C)(C)OCCCCC(=O)Nc1cc(NC(=O)CCCCOC(C)(C)C)cc(NC(=O)CCCCOC(C)(C)C)c1. The smallest absolute Gasteiger partial charge is 0.224 e. The first-order valence-corrected chi connectivity index (χ1v) is 15.4. The molecule has 9 nitrogen and oxygen atoms in total. The van der Waals surface area contributed by atoms with Crippen LogP contribution in [0.25, 0.3) is 0 Å². The topological polar surface area (TPSA) is 115 Å². The number of amides is 3. The molecule has 0 bridgehead atoms. The fourth-order valence-corrected chi connectivity index (χ4v) is 3.81. The van der Waals surface area contributed by atoms with Gasteiger partial charge in [0.15, 0.2) is 0 Å². The summed E-state index contributed by atoms with van der Waals surface area (Å²) in [6.07, 6.45) is 5.47. The predicted molar refractivity (Wildman–Crippen MR) is 171 cm³/mol. The lowest BCUT2D eigenvalue weighted by atomic mass is 10.1. The van der Waals surface area contributed by atoms with E-state index in [2.05, 4.69) is 16.0 Å². The minimum atomic E-state index is -0.200. The van der Waals surface area contributed by atoms with Crippen LogP contribution >= 0.6 is 0 Å². The van der Waals surface area contributed by atoms with Crippen LogP contribution in [0, 0.1) is 0 Å². The van der Waals surface area contributed by atoms with Gasteiger partial charge in [-0.05, 0) is 119 Å². The van der Waals surface area contributed by atoms with E-state index in [1.165, 1.54) is 0 Å². The van der Waals surface area contributed by atoms with Crippen LogP contribution in [-0.2, 0) is 28.6 Å². The molecule has 0 heterocycles. The summed E-state index contributed by atoms with van der Waals surface area (Å²) in [5.41, 5.74) is 0.931. The Hall–Kier alpha value is -2.49. The van der Waals surface area contributed by atoms with Gasteiger partial charge in [0.2, 0.25) is 17.7 Å². The third-order valence-corrected chi connectivity index (χ3v) is 5.78. The molecule has 0 saturated carbocycles. The first-order chi connectivity index (χ1) is 19.4. The minimum absolute atomic E-state index is 0.135. The van der Waals surface area contributed by atoms with E-state index in [1.54, 1.807) is 18.2 Å². The standard InChI is InChI=1S/C33H57N3O6/c1-31(2,3)40-19-13-10-16-28(37)34-25-22-26(35-29(38)17-11-14-20-41-32(4,5)6)24-27(23-25)36-30(39)18-12-15-21-42-33(7,8)9/h22-24H,10-21H2,1-9H3,(H,34,37)(H,35,38)(H,36,39). The summed E-state index contributed by atoms with van der Waals surface area (Å²) in [6, 6.07) is 5.13. The normalized spacial score (nSPS) is 12.2. The fourth-order valence-electron chi connectivity index (χ4n) is 3.81. The van der Waals surface area contributed by atoms with E-state index in [1.807, 2.05) is 62.3 Å². The molecule has 9 heteroatoms. The van der Waals surface area contributed by atoms with E-state index < -0.39 is 0 Å². The first-order valence-electron chi connectivity index (χ1n) is 15.4. The molecule has 0 aliphatic rings. The lowest BCUT2D eigenvalue weighted by Gasteiger charge is -2.19. The number of anilines is 3. The molecular weight excluding hydrogens is 534 g/mol. The molecule has 0 spiro atoms. The number of unbranched alkanes of at least 4 members (excludes halogenated alkanes) is 3. The van der Waals surface area contributed by atoms with Crippen molar-refractivity contribution < 1.29 is 28.6 Å². The molecule has 1 aromatic carbocycles. The highest BCUT2D eigenvalue weighted by Crippen LogP contribution is 2.24. The summed E-state index contributed by atoms with van der Waals surface area (Å²) < 4.78 is 17.2. The van der Waals surface area contributed by atoms with Crippen molar-refractivity contribution in [3.8, 4) is 0 Å². The number of benzene rings is 1. The van der Waals surface area contributed by atoms with Gasteiger partial charge in [-0.15, -0.1) is 0 Å². The molecule has 0 saturated heterocycles. The van der Waals surface area contributed by atoms with Crippen molar-refractivity contribution in [1.82, 2.24) is 0 Å². The molecule has 1 aromatic rings. The van der Waals surface area contributed by atoms with Gasteiger partial charge < -0.3 is 30.2 Å². The molecular formula is C33H57N3O6. The van der Waals surface area contributed by atoms with Gasteiger partial charge in [0, 0.05) is 56.1 Å². The fraction of sp³-hybridized carbons (Fsp3) is 0.727. The molecule has 0 aromatic heterocycles. The predicted octanol–water partition coefficient (Wildman–Crippen LogP) is 7.46. The zero-order valence-corrected chi connectivity index (χ0v) is 27.7. The highest BCUT2D eigenvalue weighted by molar-refractivity contribution is 5.97. The maximum atomic E-state index is 12.6. The average molecular weight is 592 g/mol. The van der Waals surface area contributed by atoms with Gasteiger partial charge in [0.1, 0.15) is 0 Å². The second kappa shape index (κ2) is 18.2. The quantitative estimate of drug-likeness (QED) is 0.153. The summed E-state index contributed by atoms with van der Waals surface area (Å²) in [6.45, 7) is 19.8. The van der Waals surface area contributed by atoms with Gasteiger partial charge in [-0.3, -0.25) is 14.4 Å². The van der Waals surface area contributed by atoms with Crippen LogP contribution in [0.1, 0.15) is 120 Å². The number of rotatable bonds is 18. The van der Waals surface area contributed by atoms with Gasteiger partial charge >= 0.3 is 0 Å². The molecule has 0 atom stereocenters. The highest BCUT2D eigenvalue weighted by Gasteiger charge is 2.13. The number of ether oxygens (including phenoxy) is 3. The van der Waals surface area contributed by atoms with Crippen LogP contribution in [0.3, 0.4) is 0 Å². The number of carbonyl (C=O) groups excluding carboxylic acids is 3. The minimum Gasteiger partial charge on any atom is -0.376 e. The van der Waals surface area contributed by atoms with E-state index in [0.29, 0.717) is 75.4 Å². The van der Waals surface area contributed by atoms with Crippen LogP contribution in [0.5, 0.6) is 0 Å². The number of carbonyl (C=O) groups is 3. The average Bonchev–Trinajstić information content (AvgIpc) is 2.81. The molecule has 0 fully saturated rings. The third-order valence-electron chi connectivity index (χ3n) is 5.78. The van der Waals surface area contributed by atoms with Crippen molar-refractivity contribution in [3.05, 3.63) is 18.2 Å². The van der Waals surface area contributed by atoms with E-state index in [9.17, 15) is 14.4 Å². The summed E-state index contributed by atoms with van der Waals surface area (Å²) >= 11 is 0. The molecule has 42 heavy (non-hydrogen) atoms. The summed E-state index contributed by atoms with van der Waals surface area (Å²) in [7, 11) is 0. The van der Waals surface area contributed by atoms with Gasteiger partial charge in [-0.1, -0.05) is 0 Å². The van der Waals surface area contributed by atoms with E-state index in [-0.39, 0.29) is 34.5 Å². The molecule has 0 radical (unpaired) electrons. The van der Waals surface area contributed by atoms with Crippen LogP contribution in [0.4, 0.5) is 17.1 Å². The van der Waals surface area contributed by atoms with Gasteiger partial charge in [-0.25, -0.2) is 0 Å². The van der Waals surface area contributed by atoms with Crippen molar-refractivity contribution in [1.29, 1.82) is 0 Å². The number of hydrogen-bond acceptors (Lipinski definition) is 6. The molecule has 3 amide bonds. The molecule has 3 N–H and O–H groups in total. The maximum Gasteiger partial charge on any atom is 0.224 e. The molecule has 240 valence electrons. The molecule has 1 rings (SSSR count). The summed E-state index contributed by atoms with van der Waals surface area (Å²) in [5.74, 6) is -0.405. The summed E-state index contributed by atoms with van der Waals surface area (Å²) in [5, 5.41) is 8.73. The maximum absolute atomic E-state index is 12.6. The molecule has 0 unspecified atom stereocenters. The van der Waals surface area contributed by atoms with Gasteiger partial charge in [0.25, 0.3) is 0 Å². The van der Waals surface area contributed by atoms with Crippen LogP contribution in [0.2, 0.25) is 0 Å². The highest BCUT2D eigenvalue weighted by atomic mass is 16.5. The Kier molecular flexibility index (Phi) is 16.3. The van der Waals surface area contributed by atoms with Crippen LogP contribution < -0.4 is 16.0 Å². The summed E-state index contributed by atoms with van der Waals surface area (Å²) in [4.78, 5) is 37.9. The van der Waals surface area contributed by atoms with E-state index in [4.69, 9.17) is 14.2 Å². The Labute approximate surface area is 254 Å². The van der Waals surface area contributed by atoms with E-state index >= 15 is 0 Å². The lowest BCUT2D eigenvalue weighted by Crippen LogP contribution is -2.20. The largest absolute Gasteiger partial charge is 0.376 e. The number of nitrogens with one attached hydrogen (secondary N) is 3. The van der Waals surface area contributed by atoms with Crippen molar-refractivity contribution in [3.63, 3.8) is 0 Å². The first kappa shape index (κ1) is 37.5. The second-order valence-corrected chi connectivity index (χ2v) is 13.7.